The molecule has 1 aliphatic heterocycles. The van der Waals surface area contributed by atoms with Gasteiger partial charge in [0.15, 0.2) is 11.5 Å². The van der Waals surface area contributed by atoms with Crippen LogP contribution in [0.3, 0.4) is 0 Å². The Morgan fingerprint density at radius 1 is 1.09 bits per heavy atom. The van der Waals surface area contributed by atoms with Gasteiger partial charge in [0, 0.05) is 27.2 Å². The Balaban J connectivity index is 1.44. The minimum Gasteiger partial charge on any atom is -0.493 e. The third kappa shape index (κ3) is 4.00. The first-order valence-electron chi connectivity index (χ1n) is 10.5. The number of anilines is 1. The maximum atomic E-state index is 6.31. The molecule has 32 heavy (non-hydrogen) atoms. The molecule has 5 rings (SSSR count). The molecule has 1 N–H and O–H groups in total. The number of rotatable bonds is 5. The lowest BCUT2D eigenvalue weighted by molar-refractivity contribution is 0.282. The van der Waals surface area contributed by atoms with Crippen LogP contribution in [-0.4, -0.2) is 7.11 Å². The van der Waals surface area contributed by atoms with Gasteiger partial charge in [0.1, 0.15) is 6.61 Å². The lowest BCUT2D eigenvalue weighted by Gasteiger charge is -2.37. The molecule has 2 aliphatic rings. The zero-order valence-corrected chi connectivity index (χ0v) is 20.5. The van der Waals surface area contributed by atoms with E-state index in [0.717, 1.165) is 16.5 Å². The van der Waals surface area contributed by atoms with Crippen molar-refractivity contribution in [3.8, 4) is 11.5 Å². The second kappa shape index (κ2) is 9.01. The second-order valence-electron chi connectivity index (χ2n) is 8.12. The van der Waals surface area contributed by atoms with Crippen molar-refractivity contribution in [2.24, 2.45) is 5.92 Å². The summed E-state index contributed by atoms with van der Waals surface area (Å²) in [5, 5.41) is 4.94. The molecule has 3 aromatic rings. The van der Waals surface area contributed by atoms with Crippen molar-refractivity contribution in [1.82, 2.24) is 0 Å². The number of benzene rings is 3. The molecule has 0 spiro atoms. The number of ether oxygens (including phenoxy) is 2. The Kier molecular flexibility index (Phi) is 6.11. The van der Waals surface area contributed by atoms with E-state index in [-0.39, 0.29) is 6.04 Å². The van der Waals surface area contributed by atoms with E-state index in [1.807, 2.05) is 6.07 Å². The molecule has 0 saturated heterocycles. The van der Waals surface area contributed by atoms with Crippen LogP contribution in [0.2, 0.25) is 10.0 Å². The smallest absolute Gasteiger partial charge is 0.175 e. The van der Waals surface area contributed by atoms with E-state index in [2.05, 4.69) is 69.8 Å². The van der Waals surface area contributed by atoms with Crippen LogP contribution in [0.15, 0.2) is 71.2 Å². The van der Waals surface area contributed by atoms with Crippen LogP contribution >= 0.6 is 39.1 Å². The van der Waals surface area contributed by atoms with E-state index < -0.39 is 0 Å². The molecule has 6 heteroatoms. The summed E-state index contributed by atoms with van der Waals surface area (Å²) in [5.74, 6) is 2.22. The first-order valence-corrected chi connectivity index (χ1v) is 12.1. The molecule has 0 fully saturated rings. The van der Waals surface area contributed by atoms with Crippen molar-refractivity contribution >= 4 is 44.8 Å². The number of allylic oxidation sites excluding steroid dienone is 2. The third-order valence-electron chi connectivity index (χ3n) is 6.27. The van der Waals surface area contributed by atoms with Crippen LogP contribution < -0.4 is 14.8 Å². The van der Waals surface area contributed by atoms with Crippen LogP contribution in [0.1, 0.15) is 35.1 Å². The molecule has 0 aromatic heterocycles. The molecule has 3 atom stereocenters. The summed E-state index contributed by atoms with van der Waals surface area (Å²) >= 11 is 16.0. The number of nitrogens with one attached hydrogen (secondary N) is 1. The molecule has 0 amide bonds. The molecule has 1 heterocycles. The highest BCUT2D eigenvalue weighted by Crippen LogP contribution is 2.51. The maximum absolute atomic E-state index is 6.31. The van der Waals surface area contributed by atoms with Crippen LogP contribution in [0, 0.1) is 5.92 Å². The van der Waals surface area contributed by atoms with Crippen molar-refractivity contribution < 1.29 is 9.47 Å². The van der Waals surface area contributed by atoms with E-state index in [0.29, 0.717) is 40.0 Å². The molecular formula is C26H22BrCl2NO2. The highest BCUT2D eigenvalue weighted by Gasteiger charge is 2.38. The average molecular weight is 531 g/mol. The van der Waals surface area contributed by atoms with E-state index >= 15 is 0 Å². The highest BCUT2D eigenvalue weighted by atomic mass is 79.9. The van der Waals surface area contributed by atoms with Crippen molar-refractivity contribution in [3.05, 3.63) is 98.0 Å². The summed E-state index contributed by atoms with van der Waals surface area (Å²) in [4.78, 5) is 0. The number of hydrogen-bond acceptors (Lipinski definition) is 3. The van der Waals surface area contributed by atoms with Crippen LogP contribution in [0.25, 0.3) is 0 Å². The van der Waals surface area contributed by atoms with Crippen molar-refractivity contribution in [1.29, 1.82) is 0 Å². The molecule has 0 unspecified atom stereocenters. The molecule has 1 aliphatic carbocycles. The normalized spacial score (nSPS) is 20.9. The number of para-hydroxylation sites is 1. The van der Waals surface area contributed by atoms with Gasteiger partial charge in [-0.2, -0.15) is 0 Å². The summed E-state index contributed by atoms with van der Waals surface area (Å²) in [5.41, 5.74) is 4.59. The molecule has 164 valence electrons. The quantitative estimate of drug-likeness (QED) is 0.337. The Labute approximate surface area is 206 Å². The molecular weight excluding hydrogens is 509 g/mol. The molecule has 0 radical (unpaired) electrons. The minimum absolute atomic E-state index is 0.176. The number of hydrogen-bond donors (Lipinski definition) is 1. The summed E-state index contributed by atoms with van der Waals surface area (Å²) in [6.45, 7) is 0.313. The van der Waals surface area contributed by atoms with Gasteiger partial charge in [-0.3, -0.25) is 0 Å². The molecule has 0 saturated carbocycles. The Morgan fingerprint density at radius 3 is 2.75 bits per heavy atom. The zero-order chi connectivity index (χ0) is 22.2. The fourth-order valence-electron chi connectivity index (χ4n) is 4.72. The standard InChI is InChI=1S/C26H22BrCl2NO2/c1-31-24-12-16(11-21(27)26(24)32-14-15-9-10-17(28)13-22(15)29)25-20-7-4-6-18(20)19-5-2-3-8-23(19)30-25/h2-6,8-13,18,20,25,30H,7,14H2,1H3/t18-,20-,25-/m0/s1. The number of methoxy groups -OCH3 is 1. The summed E-state index contributed by atoms with van der Waals surface area (Å²) in [6, 6.07) is 18.3. The summed E-state index contributed by atoms with van der Waals surface area (Å²) in [7, 11) is 1.66. The van der Waals surface area contributed by atoms with E-state index in [1.165, 1.54) is 16.8 Å². The predicted molar refractivity (Wildman–Crippen MR) is 134 cm³/mol. The van der Waals surface area contributed by atoms with Crippen molar-refractivity contribution in [2.75, 3.05) is 12.4 Å². The number of fused-ring (bicyclic) bond motifs is 3. The monoisotopic (exact) mass is 529 g/mol. The van der Waals surface area contributed by atoms with Crippen LogP contribution in [-0.2, 0) is 6.61 Å². The Hall–Kier alpha value is -2.14. The zero-order valence-electron chi connectivity index (χ0n) is 17.4. The van der Waals surface area contributed by atoms with E-state index in [1.54, 1.807) is 19.2 Å². The van der Waals surface area contributed by atoms with Crippen molar-refractivity contribution in [2.45, 2.75) is 25.0 Å². The van der Waals surface area contributed by atoms with Gasteiger partial charge in [0.25, 0.3) is 0 Å². The molecule has 3 nitrogen and oxygen atoms in total. The Morgan fingerprint density at radius 2 is 1.94 bits per heavy atom. The largest absolute Gasteiger partial charge is 0.493 e. The van der Waals surface area contributed by atoms with Gasteiger partial charge < -0.3 is 14.8 Å². The van der Waals surface area contributed by atoms with Gasteiger partial charge in [-0.25, -0.2) is 0 Å². The topological polar surface area (TPSA) is 30.5 Å². The van der Waals surface area contributed by atoms with Gasteiger partial charge in [-0.05, 0) is 69.7 Å². The maximum Gasteiger partial charge on any atom is 0.175 e. The average Bonchev–Trinajstić information content (AvgIpc) is 3.28. The molecule has 0 bridgehead atoms. The van der Waals surface area contributed by atoms with Gasteiger partial charge in [0.05, 0.1) is 17.6 Å². The second-order valence-corrected chi connectivity index (χ2v) is 9.82. The minimum atomic E-state index is 0.176. The fourth-order valence-corrected chi connectivity index (χ4v) is 5.76. The first-order chi connectivity index (χ1) is 15.5. The lowest BCUT2D eigenvalue weighted by atomic mass is 9.77. The summed E-state index contributed by atoms with van der Waals surface area (Å²) < 4.78 is 12.7. The van der Waals surface area contributed by atoms with Gasteiger partial charge in [-0.1, -0.05) is 59.6 Å². The lowest BCUT2D eigenvalue weighted by Crippen LogP contribution is -2.29. The predicted octanol–water partition coefficient (Wildman–Crippen LogP) is 8.17. The SMILES string of the molecule is COc1cc([C@@H]2Nc3ccccc3[C@@H]3C=CC[C@@H]32)cc(Br)c1OCc1ccc(Cl)cc1Cl. The first kappa shape index (κ1) is 21.7. The molecule has 3 aromatic carbocycles. The van der Waals surface area contributed by atoms with E-state index in [4.69, 9.17) is 32.7 Å². The Bertz CT molecular complexity index is 1200. The highest BCUT2D eigenvalue weighted by molar-refractivity contribution is 9.10. The number of halogens is 3. The third-order valence-corrected chi connectivity index (χ3v) is 7.45. The summed E-state index contributed by atoms with van der Waals surface area (Å²) in [6.07, 6.45) is 5.69. The van der Waals surface area contributed by atoms with Crippen molar-refractivity contribution in [3.63, 3.8) is 0 Å². The van der Waals surface area contributed by atoms with Gasteiger partial charge >= 0.3 is 0 Å². The van der Waals surface area contributed by atoms with Gasteiger partial charge in [0.2, 0.25) is 0 Å². The fraction of sp³-hybridized carbons (Fsp3) is 0.231. The van der Waals surface area contributed by atoms with Gasteiger partial charge in [-0.15, -0.1) is 0 Å². The van der Waals surface area contributed by atoms with E-state index in [9.17, 15) is 0 Å². The van der Waals surface area contributed by atoms with Crippen LogP contribution in [0.5, 0.6) is 11.5 Å². The van der Waals surface area contributed by atoms with Crippen LogP contribution in [0.4, 0.5) is 5.69 Å².